The van der Waals surface area contributed by atoms with Crippen molar-refractivity contribution in [2.75, 3.05) is 0 Å². The largest absolute Gasteiger partial charge is 0.303 e. The predicted molar refractivity (Wildman–Crippen MR) is 21.0 cm³/mol. The normalized spacial score (nSPS) is 6.17. The molecule has 0 bridgehead atoms. The van der Waals surface area contributed by atoms with Gasteiger partial charge in [-0.05, 0) is 6.42 Å². The summed E-state index contributed by atoms with van der Waals surface area (Å²) < 4.78 is 0. The summed E-state index contributed by atoms with van der Waals surface area (Å²) in [5.74, 6) is 0. The summed E-state index contributed by atoms with van der Waals surface area (Å²) in [5, 5.41) is 0. The van der Waals surface area contributed by atoms with E-state index in [0.717, 1.165) is 12.7 Å². The molecule has 2 heteroatoms. The Hall–Kier alpha value is 0.189. The Labute approximate surface area is 48.6 Å². The van der Waals surface area contributed by atoms with Gasteiger partial charge >= 0.3 is 0 Å². The zero-order chi connectivity index (χ0) is 4.12. The van der Waals surface area contributed by atoms with Crippen molar-refractivity contribution in [2.45, 2.75) is 19.8 Å². The maximum absolute atomic E-state index is 9.40. The van der Waals surface area contributed by atoms with Crippen LogP contribution in [0.3, 0.4) is 0 Å². The van der Waals surface area contributed by atoms with Crippen LogP contribution in [0, 0.1) is 0 Å². The Balaban J connectivity index is 0. The van der Waals surface area contributed by atoms with Gasteiger partial charge in [0.2, 0.25) is 0 Å². The van der Waals surface area contributed by atoms with E-state index in [4.69, 9.17) is 0 Å². The van der Waals surface area contributed by atoms with E-state index >= 15 is 0 Å². The fraction of sp³-hybridized carbons (Fsp3) is 0.750. The van der Waals surface area contributed by atoms with Gasteiger partial charge in [-0.25, -0.2) is 0 Å². The average Bonchev–Trinajstić information content (AvgIpc) is 1.41. The summed E-state index contributed by atoms with van der Waals surface area (Å²) in [7, 11) is 0. The van der Waals surface area contributed by atoms with Crippen LogP contribution in [0.25, 0.3) is 0 Å². The number of rotatable bonds is 2. The molecule has 0 saturated carbocycles. The second-order valence-corrected chi connectivity index (χ2v) is 0.955. The molecule has 0 aromatic heterocycles. The number of carbonyl (C=O) groups is 1. The Morgan fingerprint density at radius 1 is 1.67 bits per heavy atom. The fourth-order valence-electron chi connectivity index (χ4n) is 0.118. The van der Waals surface area contributed by atoms with E-state index in [1.54, 1.807) is 0 Å². The van der Waals surface area contributed by atoms with Gasteiger partial charge in [0.1, 0.15) is 6.29 Å². The number of hydrogen-bond donors (Lipinski definition) is 0. The van der Waals surface area contributed by atoms with Crippen LogP contribution in [0.5, 0.6) is 0 Å². The molecule has 0 atom stereocenters. The van der Waals surface area contributed by atoms with E-state index < -0.39 is 0 Å². The van der Waals surface area contributed by atoms with Crippen molar-refractivity contribution in [3.05, 3.63) is 0 Å². The summed E-state index contributed by atoms with van der Waals surface area (Å²) in [6.07, 6.45) is 2.61. The van der Waals surface area contributed by atoms with E-state index in [1.165, 1.54) is 0 Å². The van der Waals surface area contributed by atoms with E-state index in [0.29, 0.717) is 6.42 Å². The first-order valence-electron chi connectivity index (χ1n) is 1.85. The molecule has 0 heterocycles. The molecule has 0 spiro atoms. The van der Waals surface area contributed by atoms with Crippen LogP contribution in [0.1, 0.15) is 19.8 Å². The van der Waals surface area contributed by atoms with Crippen LogP contribution < -0.4 is 0 Å². The third kappa shape index (κ3) is 8.89. The van der Waals surface area contributed by atoms with Gasteiger partial charge in [0.15, 0.2) is 0 Å². The Kier molecular flexibility index (Phi) is 14.2. The number of unbranched alkanes of at least 4 members (excludes halogenated alkanes) is 1. The number of carbonyl (C=O) groups excluding carboxylic acids is 1. The van der Waals surface area contributed by atoms with Gasteiger partial charge in [-0.15, -0.1) is 0 Å². The molecule has 0 aromatic rings. The Bertz CT molecular complexity index is 28.7. The van der Waals surface area contributed by atoms with Crippen molar-refractivity contribution < 1.29 is 21.9 Å². The molecule has 1 nitrogen and oxygen atoms in total. The second kappa shape index (κ2) is 8.95. The van der Waals surface area contributed by atoms with Crippen molar-refractivity contribution in [1.29, 1.82) is 0 Å². The van der Waals surface area contributed by atoms with E-state index in [-0.39, 0.29) is 17.1 Å². The van der Waals surface area contributed by atoms with Crippen LogP contribution >= 0.6 is 0 Å². The standard InChI is InChI=1S/C4H8O.Fe/c1-2-3-4-5;/h4H,2-3H2,1H3;. The van der Waals surface area contributed by atoms with Gasteiger partial charge in [0, 0.05) is 23.5 Å². The SMILES string of the molecule is CCCC=O.[Fe]. The van der Waals surface area contributed by atoms with Crippen molar-refractivity contribution in [3.63, 3.8) is 0 Å². The minimum absolute atomic E-state index is 0. The van der Waals surface area contributed by atoms with Gasteiger partial charge in [-0.1, -0.05) is 6.92 Å². The third-order valence-corrected chi connectivity index (χ3v) is 0.407. The van der Waals surface area contributed by atoms with Gasteiger partial charge in [-0.2, -0.15) is 0 Å². The van der Waals surface area contributed by atoms with Crippen LogP contribution in [0.2, 0.25) is 0 Å². The number of aldehydes is 1. The molecule has 38 valence electrons. The van der Waals surface area contributed by atoms with Crippen LogP contribution in [-0.4, -0.2) is 6.29 Å². The minimum Gasteiger partial charge on any atom is -0.303 e. The van der Waals surface area contributed by atoms with Crippen molar-refractivity contribution >= 4 is 6.29 Å². The zero-order valence-corrected chi connectivity index (χ0v) is 4.86. The maximum Gasteiger partial charge on any atom is 0.119 e. The summed E-state index contributed by atoms with van der Waals surface area (Å²) in [6, 6.07) is 0. The molecule has 0 fully saturated rings. The van der Waals surface area contributed by atoms with Gasteiger partial charge in [0.05, 0.1) is 0 Å². The molecule has 0 unspecified atom stereocenters. The number of hydrogen-bond acceptors (Lipinski definition) is 1. The van der Waals surface area contributed by atoms with Crippen LogP contribution in [-0.2, 0) is 21.9 Å². The maximum atomic E-state index is 9.40. The summed E-state index contributed by atoms with van der Waals surface area (Å²) >= 11 is 0. The zero-order valence-electron chi connectivity index (χ0n) is 3.75. The molecule has 0 radical (unpaired) electrons. The molecule has 6 heavy (non-hydrogen) atoms. The quantitative estimate of drug-likeness (QED) is 0.400. The second-order valence-electron chi connectivity index (χ2n) is 0.955. The van der Waals surface area contributed by atoms with Gasteiger partial charge in [-0.3, -0.25) is 0 Å². The van der Waals surface area contributed by atoms with Crippen molar-refractivity contribution in [3.8, 4) is 0 Å². The molecule has 0 aliphatic carbocycles. The molecule has 0 saturated heterocycles. The smallest absolute Gasteiger partial charge is 0.119 e. The first-order chi connectivity index (χ1) is 2.41. The predicted octanol–water partition coefficient (Wildman–Crippen LogP) is 0.983. The van der Waals surface area contributed by atoms with E-state index in [2.05, 4.69) is 0 Å². The molecule has 0 N–H and O–H groups in total. The topological polar surface area (TPSA) is 17.1 Å². The molecule has 0 amide bonds. The summed E-state index contributed by atoms with van der Waals surface area (Å²) in [5.41, 5.74) is 0. The van der Waals surface area contributed by atoms with E-state index in [9.17, 15) is 4.79 Å². The third-order valence-electron chi connectivity index (χ3n) is 0.407. The molecule has 0 aromatic carbocycles. The van der Waals surface area contributed by atoms with Crippen LogP contribution in [0.15, 0.2) is 0 Å². The minimum atomic E-state index is 0. The van der Waals surface area contributed by atoms with Crippen molar-refractivity contribution in [1.82, 2.24) is 0 Å². The molecule has 0 aliphatic rings. The van der Waals surface area contributed by atoms with Gasteiger partial charge in [0.25, 0.3) is 0 Å². The monoisotopic (exact) mass is 128 g/mol. The summed E-state index contributed by atoms with van der Waals surface area (Å²) in [6.45, 7) is 1.98. The molecule has 0 aliphatic heterocycles. The first kappa shape index (κ1) is 9.50. The molecular weight excluding hydrogens is 120 g/mol. The average molecular weight is 128 g/mol. The van der Waals surface area contributed by atoms with Crippen LogP contribution in [0.4, 0.5) is 0 Å². The molecular formula is C4H8FeO. The fourth-order valence-corrected chi connectivity index (χ4v) is 0.118. The van der Waals surface area contributed by atoms with E-state index in [1.807, 2.05) is 6.92 Å². The summed E-state index contributed by atoms with van der Waals surface area (Å²) in [4.78, 5) is 9.40. The van der Waals surface area contributed by atoms with Gasteiger partial charge < -0.3 is 4.79 Å². The van der Waals surface area contributed by atoms with Crippen molar-refractivity contribution in [2.24, 2.45) is 0 Å². The molecule has 0 rings (SSSR count). The Morgan fingerprint density at radius 2 is 2.17 bits per heavy atom. The Morgan fingerprint density at radius 3 is 2.17 bits per heavy atom. The first-order valence-corrected chi connectivity index (χ1v) is 1.85.